The third-order valence-electron chi connectivity index (χ3n) is 3.47. The molecule has 0 bridgehead atoms. The average Bonchev–Trinajstić information content (AvgIpc) is 2.72. The van der Waals surface area contributed by atoms with Crippen LogP contribution in [-0.2, 0) is 11.3 Å². The Morgan fingerprint density at radius 3 is 2.88 bits per heavy atom. The van der Waals surface area contributed by atoms with Gasteiger partial charge in [0.1, 0.15) is 0 Å². The zero-order valence-corrected chi connectivity index (χ0v) is 10.7. The minimum atomic E-state index is -0.390. The molecule has 2 heterocycles. The van der Waals surface area contributed by atoms with E-state index >= 15 is 0 Å². The van der Waals surface area contributed by atoms with Gasteiger partial charge in [0.05, 0.1) is 17.5 Å². The van der Waals surface area contributed by atoms with Crippen LogP contribution in [0.5, 0.6) is 0 Å². The molecule has 1 aliphatic heterocycles. The van der Waals surface area contributed by atoms with Gasteiger partial charge in [0.2, 0.25) is 0 Å². The third kappa shape index (κ3) is 3.07. The first-order valence-corrected chi connectivity index (χ1v) is 6.51. The molecule has 17 heavy (non-hydrogen) atoms. The second-order valence-corrected chi connectivity index (χ2v) is 4.83. The number of nitrogens with zero attached hydrogens (tertiary/aromatic N) is 2. The molecule has 0 aromatic carbocycles. The van der Waals surface area contributed by atoms with Crippen molar-refractivity contribution in [3.8, 4) is 0 Å². The van der Waals surface area contributed by atoms with E-state index < -0.39 is 0 Å². The molecular formula is C13H22N2O2. The molecule has 1 N–H and O–H groups in total. The lowest BCUT2D eigenvalue weighted by molar-refractivity contribution is 0.0417. The van der Waals surface area contributed by atoms with Crippen molar-refractivity contribution >= 4 is 0 Å². The SMILES string of the molecule is CCn1nc(C)cc1C(O)CC1CCOCC1. The van der Waals surface area contributed by atoms with E-state index in [-0.39, 0.29) is 6.10 Å². The summed E-state index contributed by atoms with van der Waals surface area (Å²) in [5.41, 5.74) is 1.93. The molecule has 2 rings (SSSR count). The Morgan fingerprint density at radius 2 is 2.24 bits per heavy atom. The molecule has 1 aliphatic rings. The third-order valence-corrected chi connectivity index (χ3v) is 3.47. The summed E-state index contributed by atoms with van der Waals surface area (Å²) in [7, 11) is 0. The summed E-state index contributed by atoms with van der Waals surface area (Å²) in [5, 5.41) is 14.7. The highest BCUT2D eigenvalue weighted by atomic mass is 16.5. The maximum Gasteiger partial charge on any atom is 0.0959 e. The predicted octanol–water partition coefficient (Wildman–Crippen LogP) is 2.06. The van der Waals surface area contributed by atoms with Crippen molar-refractivity contribution in [3.05, 3.63) is 17.5 Å². The molecule has 4 nitrogen and oxygen atoms in total. The van der Waals surface area contributed by atoms with Gasteiger partial charge >= 0.3 is 0 Å². The van der Waals surface area contributed by atoms with Crippen molar-refractivity contribution in [2.45, 2.75) is 45.8 Å². The first kappa shape index (κ1) is 12.6. The lowest BCUT2D eigenvalue weighted by atomic mass is 9.92. The molecule has 96 valence electrons. The van der Waals surface area contributed by atoms with Crippen LogP contribution in [0.15, 0.2) is 6.07 Å². The van der Waals surface area contributed by atoms with Crippen LogP contribution in [0.2, 0.25) is 0 Å². The Kier molecular flexibility index (Phi) is 4.18. The van der Waals surface area contributed by atoms with E-state index in [1.165, 1.54) is 0 Å². The lowest BCUT2D eigenvalue weighted by Crippen LogP contribution is -2.19. The maximum absolute atomic E-state index is 10.3. The van der Waals surface area contributed by atoms with Crippen molar-refractivity contribution in [2.75, 3.05) is 13.2 Å². The van der Waals surface area contributed by atoms with Crippen molar-refractivity contribution in [1.82, 2.24) is 9.78 Å². The minimum absolute atomic E-state index is 0.390. The van der Waals surface area contributed by atoms with E-state index in [1.54, 1.807) is 0 Å². The molecule has 0 radical (unpaired) electrons. The van der Waals surface area contributed by atoms with Crippen LogP contribution in [-0.4, -0.2) is 28.1 Å². The van der Waals surface area contributed by atoms with Gasteiger partial charge in [-0.25, -0.2) is 0 Å². The van der Waals surface area contributed by atoms with E-state index in [9.17, 15) is 5.11 Å². The van der Waals surface area contributed by atoms with Crippen molar-refractivity contribution in [3.63, 3.8) is 0 Å². The normalized spacial score (nSPS) is 19.5. The molecular weight excluding hydrogens is 216 g/mol. The summed E-state index contributed by atoms with van der Waals surface area (Å²) in [6.45, 7) is 6.51. The molecule has 1 aromatic heterocycles. The highest BCUT2D eigenvalue weighted by molar-refractivity contribution is 5.11. The van der Waals surface area contributed by atoms with Crippen LogP contribution in [0.1, 0.15) is 43.7 Å². The van der Waals surface area contributed by atoms with Crippen LogP contribution in [0.3, 0.4) is 0 Å². The number of rotatable bonds is 4. The fourth-order valence-corrected chi connectivity index (χ4v) is 2.51. The van der Waals surface area contributed by atoms with Crippen LogP contribution in [0.25, 0.3) is 0 Å². The molecule has 0 amide bonds. The fraction of sp³-hybridized carbons (Fsp3) is 0.769. The van der Waals surface area contributed by atoms with Gasteiger partial charge in [0.25, 0.3) is 0 Å². The summed E-state index contributed by atoms with van der Waals surface area (Å²) in [6, 6.07) is 1.99. The molecule has 0 spiro atoms. The van der Waals surface area contributed by atoms with Crippen molar-refractivity contribution < 1.29 is 9.84 Å². The summed E-state index contributed by atoms with van der Waals surface area (Å²) in [4.78, 5) is 0. The number of aryl methyl sites for hydroxylation is 2. The first-order valence-electron chi connectivity index (χ1n) is 6.51. The van der Waals surface area contributed by atoms with Gasteiger partial charge in [-0.1, -0.05) is 0 Å². The highest BCUT2D eigenvalue weighted by Gasteiger charge is 2.21. The van der Waals surface area contributed by atoms with Gasteiger partial charge in [-0.3, -0.25) is 4.68 Å². The largest absolute Gasteiger partial charge is 0.387 e. The summed E-state index contributed by atoms with van der Waals surface area (Å²) < 4.78 is 7.24. The number of aliphatic hydroxyl groups excluding tert-OH is 1. The van der Waals surface area contributed by atoms with Crippen LogP contribution < -0.4 is 0 Å². The number of aliphatic hydroxyl groups is 1. The van der Waals surface area contributed by atoms with Crippen molar-refractivity contribution in [2.24, 2.45) is 5.92 Å². The van der Waals surface area contributed by atoms with E-state index in [0.717, 1.165) is 50.4 Å². The van der Waals surface area contributed by atoms with Gasteiger partial charge < -0.3 is 9.84 Å². The molecule has 1 fully saturated rings. The standard InChI is InChI=1S/C13H22N2O2/c1-3-15-12(8-10(2)14-15)13(16)9-11-4-6-17-7-5-11/h8,11,13,16H,3-7,9H2,1-2H3. The highest BCUT2D eigenvalue weighted by Crippen LogP contribution is 2.27. The predicted molar refractivity (Wildman–Crippen MR) is 65.8 cm³/mol. The fourth-order valence-electron chi connectivity index (χ4n) is 2.51. The quantitative estimate of drug-likeness (QED) is 0.873. The number of aromatic nitrogens is 2. The van der Waals surface area contributed by atoms with Gasteiger partial charge in [-0.15, -0.1) is 0 Å². The number of ether oxygens (including phenoxy) is 1. The Morgan fingerprint density at radius 1 is 1.53 bits per heavy atom. The van der Waals surface area contributed by atoms with Crippen LogP contribution in [0.4, 0.5) is 0 Å². The van der Waals surface area contributed by atoms with E-state index in [2.05, 4.69) is 12.0 Å². The Balaban J connectivity index is 2.00. The molecule has 1 unspecified atom stereocenters. The second-order valence-electron chi connectivity index (χ2n) is 4.83. The number of hydrogen-bond acceptors (Lipinski definition) is 3. The Labute approximate surface area is 103 Å². The van der Waals surface area contributed by atoms with Gasteiger partial charge in [0.15, 0.2) is 0 Å². The molecule has 1 saturated heterocycles. The second kappa shape index (κ2) is 5.65. The van der Waals surface area contributed by atoms with Crippen molar-refractivity contribution in [1.29, 1.82) is 0 Å². The monoisotopic (exact) mass is 238 g/mol. The maximum atomic E-state index is 10.3. The summed E-state index contributed by atoms with van der Waals surface area (Å²) in [6.07, 6.45) is 2.57. The van der Waals surface area contributed by atoms with E-state index in [4.69, 9.17) is 4.74 Å². The summed E-state index contributed by atoms with van der Waals surface area (Å²) in [5.74, 6) is 0.583. The minimum Gasteiger partial charge on any atom is -0.387 e. The molecule has 4 heteroatoms. The molecule has 1 aromatic rings. The van der Waals surface area contributed by atoms with E-state index in [1.807, 2.05) is 17.7 Å². The zero-order valence-electron chi connectivity index (χ0n) is 10.7. The Hall–Kier alpha value is -0.870. The van der Waals surface area contributed by atoms with Gasteiger partial charge in [-0.2, -0.15) is 5.10 Å². The topological polar surface area (TPSA) is 47.3 Å². The Bertz CT molecular complexity index is 356. The van der Waals surface area contributed by atoms with Gasteiger partial charge in [-0.05, 0) is 45.1 Å². The molecule has 1 atom stereocenters. The molecule has 0 aliphatic carbocycles. The smallest absolute Gasteiger partial charge is 0.0959 e. The van der Waals surface area contributed by atoms with Crippen LogP contribution in [0, 0.1) is 12.8 Å². The van der Waals surface area contributed by atoms with Crippen LogP contribution >= 0.6 is 0 Å². The average molecular weight is 238 g/mol. The summed E-state index contributed by atoms with van der Waals surface area (Å²) >= 11 is 0. The van der Waals surface area contributed by atoms with Gasteiger partial charge in [0, 0.05) is 19.8 Å². The lowest BCUT2D eigenvalue weighted by Gasteiger charge is -2.24. The van der Waals surface area contributed by atoms with E-state index in [0.29, 0.717) is 5.92 Å². The molecule has 0 saturated carbocycles. The number of hydrogen-bond donors (Lipinski definition) is 1. The zero-order chi connectivity index (χ0) is 12.3. The first-order chi connectivity index (χ1) is 8.20.